The zero-order chi connectivity index (χ0) is 16.2. The van der Waals surface area contributed by atoms with Crippen molar-refractivity contribution in [2.45, 2.75) is 19.4 Å². The lowest BCUT2D eigenvalue weighted by atomic mass is 10.2. The lowest BCUT2D eigenvalue weighted by Crippen LogP contribution is -2.30. The summed E-state index contributed by atoms with van der Waals surface area (Å²) in [5.41, 5.74) is 2.45. The van der Waals surface area contributed by atoms with Gasteiger partial charge in [-0.15, -0.1) is 0 Å². The molecule has 5 nitrogen and oxygen atoms in total. The van der Waals surface area contributed by atoms with E-state index in [0.717, 1.165) is 29.0 Å². The minimum Gasteiger partial charge on any atom is -0.469 e. The number of imidazole rings is 1. The van der Waals surface area contributed by atoms with Gasteiger partial charge in [0.1, 0.15) is 11.6 Å². The van der Waals surface area contributed by atoms with Gasteiger partial charge >= 0.3 is 0 Å². The molecule has 3 aromatic rings. The van der Waals surface area contributed by atoms with E-state index in [2.05, 4.69) is 21.5 Å². The highest BCUT2D eigenvalue weighted by atomic mass is 32.2. The monoisotopic (exact) mass is 329 g/mol. The summed E-state index contributed by atoms with van der Waals surface area (Å²) in [5, 5.41) is 3.07. The highest BCUT2D eigenvalue weighted by Crippen LogP contribution is 2.21. The van der Waals surface area contributed by atoms with Crippen molar-refractivity contribution < 1.29 is 9.21 Å². The number of benzene rings is 1. The normalized spacial score (nSPS) is 12.4. The van der Waals surface area contributed by atoms with Gasteiger partial charge in [0.25, 0.3) is 5.91 Å². The number of amides is 1. The number of thioether (sulfide) groups is 1. The van der Waals surface area contributed by atoms with Crippen molar-refractivity contribution in [3.8, 4) is 0 Å². The summed E-state index contributed by atoms with van der Waals surface area (Å²) in [6, 6.07) is 9.40. The molecule has 1 atom stereocenters. The molecule has 2 aromatic heterocycles. The van der Waals surface area contributed by atoms with Crippen LogP contribution in [-0.4, -0.2) is 27.9 Å². The molecular weight excluding hydrogens is 310 g/mol. The minimum absolute atomic E-state index is 0.136. The number of carbonyl (C=O) groups excluding carboxylic acids is 1. The van der Waals surface area contributed by atoms with Crippen LogP contribution in [0.5, 0.6) is 0 Å². The van der Waals surface area contributed by atoms with Crippen molar-refractivity contribution in [1.82, 2.24) is 15.3 Å². The van der Waals surface area contributed by atoms with Crippen molar-refractivity contribution in [1.29, 1.82) is 0 Å². The number of nitrogens with zero attached hydrogens (tertiary/aromatic N) is 1. The molecule has 6 heteroatoms. The predicted octanol–water partition coefficient (Wildman–Crippen LogP) is 3.69. The summed E-state index contributed by atoms with van der Waals surface area (Å²) >= 11 is 1.75. The molecule has 0 aliphatic rings. The largest absolute Gasteiger partial charge is 0.469 e. The van der Waals surface area contributed by atoms with Crippen molar-refractivity contribution in [3.63, 3.8) is 0 Å². The number of fused-ring (bicyclic) bond motifs is 1. The van der Waals surface area contributed by atoms with Crippen LogP contribution in [0, 0.1) is 6.92 Å². The third-order valence-corrected chi connectivity index (χ3v) is 4.40. The number of aromatic amines is 1. The van der Waals surface area contributed by atoms with Gasteiger partial charge in [-0.2, -0.15) is 11.8 Å². The first-order chi connectivity index (χ1) is 11.2. The number of aryl methyl sites for hydroxylation is 1. The number of para-hydroxylation sites is 2. The highest BCUT2D eigenvalue weighted by molar-refractivity contribution is 7.98. The van der Waals surface area contributed by atoms with Gasteiger partial charge in [0.15, 0.2) is 0 Å². The fourth-order valence-corrected chi connectivity index (χ4v) is 2.98. The van der Waals surface area contributed by atoms with E-state index in [1.54, 1.807) is 24.8 Å². The van der Waals surface area contributed by atoms with Crippen molar-refractivity contribution >= 4 is 28.7 Å². The molecule has 0 aliphatic heterocycles. The number of hydrogen-bond donors (Lipinski definition) is 2. The molecule has 0 saturated carbocycles. The van der Waals surface area contributed by atoms with Crippen LogP contribution in [0.15, 0.2) is 41.0 Å². The van der Waals surface area contributed by atoms with Crippen LogP contribution in [0.4, 0.5) is 0 Å². The Hall–Kier alpha value is -2.21. The van der Waals surface area contributed by atoms with Gasteiger partial charge in [0.05, 0.1) is 28.9 Å². The van der Waals surface area contributed by atoms with Gasteiger partial charge in [-0.05, 0) is 43.6 Å². The van der Waals surface area contributed by atoms with Gasteiger partial charge in [-0.1, -0.05) is 12.1 Å². The molecule has 0 spiro atoms. The Bertz CT molecular complexity index is 776. The minimum atomic E-state index is -0.156. The summed E-state index contributed by atoms with van der Waals surface area (Å²) in [6.45, 7) is 1.78. The summed E-state index contributed by atoms with van der Waals surface area (Å²) in [7, 11) is 0. The highest BCUT2D eigenvalue weighted by Gasteiger charge is 2.20. The van der Waals surface area contributed by atoms with E-state index in [4.69, 9.17) is 4.42 Å². The summed E-state index contributed by atoms with van der Waals surface area (Å²) in [4.78, 5) is 20.4. The number of aromatic nitrogens is 2. The van der Waals surface area contributed by atoms with Crippen molar-refractivity contribution in [3.05, 3.63) is 53.7 Å². The van der Waals surface area contributed by atoms with Crippen LogP contribution in [-0.2, 0) is 0 Å². The molecular formula is C17H19N3O2S. The van der Waals surface area contributed by atoms with Crippen LogP contribution in [0.25, 0.3) is 11.0 Å². The van der Waals surface area contributed by atoms with Gasteiger partial charge in [0.2, 0.25) is 0 Å². The predicted molar refractivity (Wildman–Crippen MR) is 92.7 cm³/mol. The second-order valence-corrected chi connectivity index (χ2v) is 6.32. The van der Waals surface area contributed by atoms with Crippen molar-refractivity contribution in [2.75, 3.05) is 12.0 Å². The third kappa shape index (κ3) is 3.42. The lowest BCUT2D eigenvalue weighted by Gasteiger charge is -2.16. The summed E-state index contributed by atoms with van der Waals surface area (Å²) in [6.07, 6.45) is 4.39. The third-order valence-electron chi connectivity index (χ3n) is 3.76. The standard InChI is InChI=1S/C17H19N3O2S/c1-11-12(7-9-22-11)17(21)20-15(8-10-23-2)16-18-13-5-3-4-6-14(13)19-16/h3-7,9,15H,8,10H2,1-2H3,(H,18,19)(H,20,21)/t15-/m1/s1. The van der Waals surface area contributed by atoms with Gasteiger partial charge in [-0.25, -0.2) is 4.98 Å². The molecule has 0 bridgehead atoms. The fraction of sp³-hybridized carbons (Fsp3) is 0.294. The summed E-state index contributed by atoms with van der Waals surface area (Å²) < 4.78 is 5.21. The van der Waals surface area contributed by atoms with Gasteiger partial charge in [-0.3, -0.25) is 4.79 Å². The molecule has 1 aromatic carbocycles. The Kier molecular flexibility index (Phi) is 4.71. The number of hydrogen-bond acceptors (Lipinski definition) is 4. The van der Waals surface area contributed by atoms with Crippen LogP contribution >= 0.6 is 11.8 Å². The number of rotatable bonds is 6. The van der Waals surface area contributed by atoms with E-state index in [-0.39, 0.29) is 11.9 Å². The van der Waals surface area contributed by atoms with E-state index in [1.807, 2.05) is 24.3 Å². The smallest absolute Gasteiger partial charge is 0.255 e. The van der Waals surface area contributed by atoms with Crippen LogP contribution < -0.4 is 5.32 Å². The number of nitrogens with one attached hydrogen (secondary N) is 2. The first-order valence-corrected chi connectivity index (χ1v) is 8.87. The molecule has 0 radical (unpaired) electrons. The molecule has 23 heavy (non-hydrogen) atoms. The molecule has 2 N–H and O–H groups in total. The van der Waals surface area contributed by atoms with Crippen molar-refractivity contribution in [2.24, 2.45) is 0 Å². The summed E-state index contributed by atoms with van der Waals surface area (Å²) in [5.74, 6) is 2.21. The quantitative estimate of drug-likeness (QED) is 0.723. The molecule has 0 saturated heterocycles. The lowest BCUT2D eigenvalue weighted by molar-refractivity contribution is 0.0932. The second kappa shape index (κ2) is 6.91. The maximum Gasteiger partial charge on any atom is 0.255 e. The van der Waals surface area contributed by atoms with Crippen LogP contribution in [0.1, 0.15) is 34.4 Å². The first kappa shape index (κ1) is 15.7. The van der Waals surface area contributed by atoms with Crippen LogP contribution in [0.2, 0.25) is 0 Å². The molecule has 0 fully saturated rings. The Morgan fingerprint density at radius 3 is 2.91 bits per heavy atom. The molecule has 3 rings (SSSR count). The van der Waals surface area contributed by atoms with E-state index >= 15 is 0 Å². The molecule has 0 aliphatic carbocycles. The van der Waals surface area contributed by atoms with E-state index < -0.39 is 0 Å². The topological polar surface area (TPSA) is 70.9 Å². The first-order valence-electron chi connectivity index (χ1n) is 7.47. The number of carbonyl (C=O) groups is 1. The fourth-order valence-electron chi connectivity index (χ4n) is 2.51. The van der Waals surface area contributed by atoms with E-state index in [1.165, 1.54) is 6.26 Å². The maximum absolute atomic E-state index is 12.5. The second-order valence-electron chi connectivity index (χ2n) is 5.34. The van der Waals surface area contributed by atoms with Gasteiger partial charge in [0, 0.05) is 0 Å². The zero-order valence-corrected chi connectivity index (χ0v) is 13.9. The zero-order valence-electron chi connectivity index (χ0n) is 13.1. The Morgan fingerprint density at radius 2 is 2.22 bits per heavy atom. The molecule has 120 valence electrons. The average molecular weight is 329 g/mol. The average Bonchev–Trinajstić information content (AvgIpc) is 3.16. The molecule has 0 unspecified atom stereocenters. The number of furan rings is 1. The Balaban J connectivity index is 1.85. The Morgan fingerprint density at radius 1 is 1.39 bits per heavy atom. The Labute approximate surface area is 138 Å². The molecule has 2 heterocycles. The number of H-pyrrole nitrogens is 1. The van der Waals surface area contributed by atoms with E-state index in [9.17, 15) is 4.79 Å². The van der Waals surface area contributed by atoms with E-state index in [0.29, 0.717) is 11.3 Å². The maximum atomic E-state index is 12.5. The molecule has 1 amide bonds. The van der Waals surface area contributed by atoms with Gasteiger partial charge < -0.3 is 14.7 Å². The SMILES string of the molecule is CSCC[C@@H](NC(=O)c1ccoc1C)c1nc2ccccc2[nH]1. The van der Waals surface area contributed by atoms with Crippen LogP contribution in [0.3, 0.4) is 0 Å².